The van der Waals surface area contributed by atoms with Crippen LogP contribution in [0.15, 0.2) is 48.6 Å². The third-order valence-corrected chi connectivity index (χ3v) is 4.22. The number of primary amides is 1. The van der Waals surface area contributed by atoms with Crippen LogP contribution in [0.3, 0.4) is 0 Å². The highest BCUT2D eigenvalue weighted by Crippen LogP contribution is 2.35. The monoisotopic (exact) mass is 302 g/mol. The minimum Gasteiger partial charge on any atom is -0.369 e. The average molecular weight is 302 g/mol. The molecule has 2 unspecified atom stereocenters. The Kier molecular flexibility index (Phi) is 5.14. The van der Waals surface area contributed by atoms with Crippen molar-refractivity contribution in [3.63, 3.8) is 0 Å². The van der Waals surface area contributed by atoms with Crippen molar-refractivity contribution in [2.75, 3.05) is 0 Å². The molecule has 0 spiro atoms. The number of allylic oxidation sites excluding steroid dienone is 3. The molecule has 0 fully saturated rings. The standard InChI is InChI=1S/C18H23FN2O/c1-13(2)16(18(17(20)22)10-4-3-5-11-18)21-12-14-6-8-15(19)9-7-14/h3-10,13,16,21H,11-12H2,1-2H3,(H2,20,22). The van der Waals surface area contributed by atoms with Crippen molar-refractivity contribution in [3.8, 4) is 0 Å². The molecule has 0 aromatic heterocycles. The summed E-state index contributed by atoms with van der Waals surface area (Å²) in [6.07, 6.45) is 8.28. The second-order valence-electron chi connectivity index (χ2n) is 6.13. The van der Waals surface area contributed by atoms with Gasteiger partial charge in [0.15, 0.2) is 0 Å². The number of nitrogens with one attached hydrogen (secondary N) is 1. The van der Waals surface area contributed by atoms with Gasteiger partial charge in [0.2, 0.25) is 5.91 Å². The lowest BCUT2D eigenvalue weighted by molar-refractivity contribution is -0.127. The number of hydrogen-bond acceptors (Lipinski definition) is 2. The van der Waals surface area contributed by atoms with Crippen LogP contribution in [-0.4, -0.2) is 11.9 Å². The molecule has 4 heteroatoms. The highest BCUT2D eigenvalue weighted by molar-refractivity contribution is 5.84. The zero-order valence-electron chi connectivity index (χ0n) is 13.1. The minimum atomic E-state index is -0.719. The molecule has 1 aromatic rings. The maximum absolute atomic E-state index is 13.0. The number of halogens is 1. The first kappa shape index (κ1) is 16.4. The van der Waals surface area contributed by atoms with Gasteiger partial charge in [0.25, 0.3) is 0 Å². The van der Waals surface area contributed by atoms with Gasteiger partial charge in [-0.1, -0.05) is 50.3 Å². The van der Waals surface area contributed by atoms with Crippen molar-refractivity contribution in [1.82, 2.24) is 5.32 Å². The van der Waals surface area contributed by atoms with E-state index >= 15 is 0 Å². The Morgan fingerprint density at radius 2 is 2.00 bits per heavy atom. The van der Waals surface area contributed by atoms with Crippen LogP contribution >= 0.6 is 0 Å². The van der Waals surface area contributed by atoms with E-state index in [0.717, 1.165) is 5.56 Å². The van der Waals surface area contributed by atoms with Crippen LogP contribution in [0.1, 0.15) is 25.8 Å². The first-order valence-corrected chi connectivity index (χ1v) is 7.58. The van der Waals surface area contributed by atoms with Crippen molar-refractivity contribution in [1.29, 1.82) is 0 Å². The molecule has 2 atom stereocenters. The van der Waals surface area contributed by atoms with Crippen LogP contribution < -0.4 is 11.1 Å². The molecule has 1 aliphatic carbocycles. The number of carbonyl (C=O) groups is 1. The van der Waals surface area contributed by atoms with Gasteiger partial charge in [-0.05, 0) is 30.0 Å². The van der Waals surface area contributed by atoms with Crippen LogP contribution in [0, 0.1) is 17.2 Å². The van der Waals surface area contributed by atoms with Crippen LogP contribution in [0.4, 0.5) is 4.39 Å². The molecule has 0 aliphatic heterocycles. The SMILES string of the molecule is CC(C)C(NCc1ccc(F)cc1)C1(C(N)=O)C=CC=CC1. The van der Waals surface area contributed by atoms with Crippen molar-refractivity contribution in [3.05, 3.63) is 60.0 Å². The summed E-state index contributed by atoms with van der Waals surface area (Å²) < 4.78 is 13.0. The van der Waals surface area contributed by atoms with Crippen molar-refractivity contribution in [2.24, 2.45) is 17.1 Å². The Labute approximate surface area is 131 Å². The van der Waals surface area contributed by atoms with Gasteiger partial charge < -0.3 is 11.1 Å². The molecular formula is C18H23FN2O. The molecule has 0 saturated heterocycles. The van der Waals surface area contributed by atoms with E-state index in [4.69, 9.17) is 5.73 Å². The summed E-state index contributed by atoms with van der Waals surface area (Å²) in [7, 11) is 0. The van der Waals surface area contributed by atoms with Crippen LogP contribution in [0.5, 0.6) is 0 Å². The van der Waals surface area contributed by atoms with Gasteiger partial charge in [-0.3, -0.25) is 4.79 Å². The highest BCUT2D eigenvalue weighted by atomic mass is 19.1. The smallest absolute Gasteiger partial charge is 0.229 e. The van der Waals surface area contributed by atoms with E-state index in [9.17, 15) is 9.18 Å². The second kappa shape index (κ2) is 6.88. The fraction of sp³-hybridized carbons (Fsp3) is 0.389. The normalized spacial score (nSPS) is 22.0. The summed E-state index contributed by atoms with van der Waals surface area (Å²) in [6.45, 7) is 4.70. The van der Waals surface area contributed by atoms with Gasteiger partial charge in [0.1, 0.15) is 5.82 Å². The summed E-state index contributed by atoms with van der Waals surface area (Å²) >= 11 is 0. The van der Waals surface area contributed by atoms with Gasteiger partial charge in [-0.2, -0.15) is 0 Å². The highest BCUT2D eigenvalue weighted by Gasteiger charge is 2.43. The van der Waals surface area contributed by atoms with E-state index in [2.05, 4.69) is 19.2 Å². The van der Waals surface area contributed by atoms with Crippen molar-refractivity contribution < 1.29 is 9.18 Å². The van der Waals surface area contributed by atoms with E-state index in [1.54, 1.807) is 12.1 Å². The predicted octanol–water partition coefficient (Wildman–Crippen LogP) is 2.93. The summed E-state index contributed by atoms with van der Waals surface area (Å²) in [5.41, 5.74) is 5.97. The number of nitrogens with two attached hydrogens (primary N) is 1. The molecule has 3 N–H and O–H groups in total. The second-order valence-corrected chi connectivity index (χ2v) is 6.13. The van der Waals surface area contributed by atoms with Gasteiger partial charge in [-0.25, -0.2) is 4.39 Å². The van der Waals surface area contributed by atoms with Gasteiger partial charge in [-0.15, -0.1) is 0 Å². The fourth-order valence-electron chi connectivity index (χ4n) is 3.05. The Balaban J connectivity index is 2.18. The fourth-order valence-corrected chi connectivity index (χ4v) is 3.05. The molecule has 118 valence electrons. The molecule has 1 amide bonds. The third kappa shape index (κ3) is 3.45. The number of hydrogen-bond donors (Lipinski definition) is 2. The molecule has 0 bridgehead atoms. The molecule has 0 radical (unpaired) electrons. The number of rotatable bonds is 6. The molecule has 1 aromatic carbocycles. The van der Waals surface area contributed by atoms with Crippen LogP contribution in [-0.2, 0) is 11.3 Å². The zero-order valence-corrected chi connectivity index (χ0v) is 13.1. The predicted molar refractivity (Wildman–Crippen MR) is 86.4 cm³/mol. The van der Waals surface area contributed by atoms with Crippen molar-refractivity contribution in [2.45, 2.75) is 32.9 Å². The molecule has 22 heavy (non-hydrogen) atoms. The Morgan fingerprint density at radius 1 is 1.32 bits per heavy atom. The number of amides is 1. The largest absolute Gasteiger partial charge is 0.369 e. The lowest BCUT2D eigenvalue weighted by Crippen LogP contribution is -2.54. The summed E-state index contributed by atoms with van der Waals surface area (Å²) in [4.78, 5) is 12.1. The van der Waals surface area contributed by atoms with E-state index in [1.807, 2.05) is 24.3 Å². The number of benzene rings is 1. The van der Waals surface area contributed by atoms with Crippen LogP contribution in [0.25, 0.3) is 0 Å². The van der Waals surface area contributed by atoms with E-state index in [0.29, 0.717) is 13.0 Å². The quantitative estimate of drug-likeness (QED) is 0.849. The lowest BCUT2D eigenvalue weighted by Gasteiger charge is -2.39. The average Bonchev–Trinajstić information content (AvgIpc) is 2.50. The van der Waals surface area contributed by atoms with E-state index in [-0.39, 0.29) is 23.7 Å². The maximum Gasteiger partial charge on any atom is 0.229 e. The van der Waals surface area contributed by atoms with Gasteiger partial charge in [0, 0.05) is 12.6 Å². The lowest BCUT2D eigenvalue weighted by atomic mass is 9.70. The molecule has 0 heterocycles. The molecular weight excluding hydrogens is 279 g/mol. The first-order chi connectivity index (χ1) is 10.5. The maximum atomic E-state index is 13.0. The van der Waals surface area contributed by atoms with E-state index < -0.39 is 5.41 Å². The first-order valence-electron chi connectivity index (χ1n) is 7.58. The van der Waals surface area contributed by atoms with E-state index in [1.165, 1.54) is 12.1 Å². The zero-order chi connectivity index (χ0) is 16.2. The Morgan fingerprint density at radius 3 is 2.50 bits per heavy atom. The molecule has 1 aliphatic rings. The van der Waals surface area contributed by atoms with Crippen LogP contribution in [0.2, 0.25) is 0 Å². The number of carbonyl (C=O) groups excluding carboxylic acids is 1. The molecule has 3 nitrogen and oxygen atoms in total. The van der Waals surface area contributed by atoms with Gasteiger partial charge in [0.05, 0.1) is 5.41 Å². The summed E-state index contributed by atoms with van der Waals surface area (Å²) in [6, 6.07) is 6.28. The minimum absolute atomic E-state index is 0.0868. The molecule has 2 rings (SSSR count). The Bertz CT molecular complexity index is 577. The topological polar surface area (TPSA) is 55.1 Å². The van der Waals surface area contributed by atoms with Crippen molar-refractivity contribution >= 4 is 5.91 Å². The van der Waals surface area contributed by atoms with Gasteiger partial charge >= 0.3 is 0 Å². The summed E-state index contributed by atoms with van der Waals surface area (Å²) in [5, 5.41) is 3.44. The Hall–Kier alpha value is -1.94. The third-order valence-electron chi connectivity index (χ3n) is 4.22. The summed E-state index contributed by atoms with van der Waals surface area (Å²) in [5.74, 6) is -0.347. The molecule has 0 saturated carbocycles.